The fourth-order valence-corrected chi connectivity index (χ4v) is 1.91. The molecule has 2 rings (SSSR count). The first kappa shape index (κ1) is 15.5. The second-order valence-electron chi connectivity index (χ2n) is 4.78. The minimum absolute atomic E-state index is 0.00546. The van der Waals surface area contributed by atoms with Crippen LogP contribution in [0.3, 0.4) is 0 Å². The third kappa shape index (κ3) is 4.31. The van der Waals surface area contributed by atoms with Gasteiger partial charge in [0.2, 0.25) is 0 Å². The number of ether oxygens (including phenoxy) is 1. The summed E-state index contributed by atoms with van der Waals surface area (Å²) in [5, 5.41) is 13.3. The lowest BCUT2D eigenvalue weighted by atomic mass is 10.1. The zero-order valence-electron chi connectivity index (χ0n) is 12.1. The topological polar surface area (TPSA) is 81.5 Å². The highest BCUT2D eigenvalue weighted by Gasteiger charge is 2.10. The number of alkyl carbamates (subject to hydrolysis) is 1. The van der Waals surface area contributed by atoms with Crippen LogP contribution in [0.2, 0.25) is 0 Å². The number of nitro groups is 1. The molecule has 0 heterocycles. The minimum Gasteiger partial charge on any atom is -0.445 e. The van der Waals surface area contributed by atoms with E-state index in [4.69, 9.17) is 4.74 Å². The summed E-state index contributed by atoms with van der Waals surface area (Å²) in [6, 6.07) is 15.3. The van der Waals surface area contributed by atoms with Gasteiger partial charge in [-0.15, -0.1) is 0 Å². The number of carbonyl (C=O) groups excluding carboxylic acids is 1. The average molecular weight is 300 g/mol. The fourth-order valence-electron chi connectivity index (χ4n) is 1.91. The molecule has 0 saturated carbocycles. The van der Waals surface area contributed by atoms with Gasteiger partial charge in [0.25, 0.3) is 5.69 Å². The van der Waals surface area contributed by atoms with Gasteiger partial charge in [-0.1, -0.05) is 30.3 Å². The molecule has 6 heteroatoms. The molecule has 0 fully saturated rings. The van der Waals surface area contributed by atoms with Gasteiger partial charge in [-0.3, -0.25) is 10.1 Å². The number of hydrogen-bond acceptors (Lipinski definition) is 4. The summed E-state index contributed by atoms with van der Waals surface area (Å²) in [6.07, 6.45) is -0.533. The third-order valence-electron chi connectivity index (χ3n) is 3.15. The molecule has 0 aliphatic rings. The molecule has 0 aliphatic heterocycles. The molecule has 0 unspecified atom stereocenters. The van der Waals surface area contributed by atoms with Crippen molar-refractivity contribution in [2.75, 3.05) is 0 Å². The Morgan fingerprint density at radius 1 is 1.18 bits per heavy atom. The van der Waals surface area contributed by atoms with Crippen LogP contribution in [0.1, 0.15) is 24.1 Å². The molecule has 6 nitrogen and oxygen atoms in total. The molecule has 1 atom stereocenters. The van der Waals surface area contributed by atoms with Gasteiger partial charge in [-0.25, -0.2) is 4.79 Å². The summed E-state index contributed by atoms with van der Waals surface area (Å²) < 4.78 is 5.10. The summed E-state index contributed by atoms with van der Waals surface area (Å²) in [7, 11) is 0. The third-order valence-corrected chi connectivity index (χ3v) is 3.15. The molecule has 114 valence electrons. The van der Waals surface area contributed by atoms with Gasteiger partial charge in [-0.05, 0) is 30.2 Å². The molecular weight excluding hydrogens is 284 g/mol. The van der Waals surface area contributed by atoms with Crippen LogP contribution in [-0.4, -0.2) is 11.0 Å². The van der Waals surface area contributed by atoms with Crippen LogP contribution in [0.4, 0.5) is 10.5 Å². The summed E-state index contributed by atoms with van der Waals surface area (Å²) in [5.41, 5.74) is 1.67. The van der Waals surface area contributed by atoms with E-state index in [-0.39, 0.29) is 18.3 Å². The van der Waals surface area contributed by atoms with E-state index in [1.54, 1.807) is 12.1 Å². The molecule has 2 aromatic rings. The summed E-state index contributed by atoms with van der Waals surface area (Å²) in [6.45, 7) is 1.92. The SMILES string of the molecule is C[C@@H](NC(=O)OCc1ccc([N+](=O)[O-])cc1)c1ccccc1. The Kier molecular flexibility index (Phi) is 5.08. The van der Waals surface area contributed by atoms with Gasteiger partial charge in [0, 0.05) is 12.1 Å². The molecule has 22 heavy (non-hydrogen) atoms. The molecule has 0 aliphatic carbocycles. The first-order valence-electron chi connectivity index (χ1n) is 6.78. The maximum absolute atomic E-state index is 11.7. The van der Waals surface area contributed by atoms with E-state index in [0.717, 1.165) is 5.56 Å². The molecule has 0 bridgehead atoms. The van der Waals surface area contributed by atoms with Gasteiger partial charge in [-0.2, -0.15) is 0 Å². The number of nitro benzene ring substituents is 1. The Morgan fingerprint density at radius 2 is 1.82 bits per heavy atom. The number of carbonyl (C=O) groups is 1. The second-order valence-corrected chi connectivity index (χ2v) is 4.78. The monoisotopic (exact) mass is 300 g/mol. The van der Waals surface area contributed by atoms with Gasteiger partial charge in [0.05, 0.1) is 11.0 Å². The molecule has 2 aromatic carbocycles. The molecule has 0 aromatic heterocycles. The van der Waals surface area contributed by atoms with Crippen molar-refractivity contribution < 1.29 is 14.5 Å². The smallest absolute Gasteiger partial charge is 0.407 e. The van der Waals surface area contributed by atoms with Crippen LogP contribution in [0.15, 0.2) is 54.6 Å². The van der Waals surface area contributed by atoms with Crippen LogP contribution in [0.5, 0.6) is 0 Å². The lowest BCUT2D eigenvalue weighted by Crippen LogP contribution is -2.27. The number of hydrogen-bond donors (Lipinski definition) is 1. The van der Waals surface area contributed by atoms with E-state index in [2.05, 4.69) is 5.32 Å². The maximum atomic E-state index is 11.7. The van der Waals surface area contributed by atoms with Crippen molar-refractivity contribution in [1.29, 1.82) is 0 Å². The minimum atomic E-state index is -0.533. The van der Waals surface area contributed by atoms with Crippen LogP contribution in [0, 0.1) is 10.1 Å². The van der Waals surface area contributed by atoms with Gasteiger partial charge in [0.15, 0.2) is 0 Å². The predicted molar refractivity (Wildman–Crippen MR) is 81.3 cm³/mol. The number of rotatable bonds is 5. The first-order valence-corrected chi connectivity index (χ1v) is 6.78. The van der Waals surface area contributed by atoms with Crippen molar-refractivity contribution in [3.8, 4) is 0 Å². The van der Waals surface area contributed by atoms with Crippen molar-refractivity contribution in [2.24, 2.45) is 0 Å². The van der Waals surface area contributed by atoms with E-state index >= 15 is 0 Å². The summed E-state index contributed by atoms with van der Waals surface area (Å²) in [4.78, 5) is 21.8. The number of nitrogens with zero attached hydrogens (tertiary/aromatic N) is 1. The van der Waals surface area contributed by atoms with E-state index in [0.29, 0.717) is 5.56 Å². The van der Waals surface area contributed by atoms with Crippen molar-refractivity contribution in [2.45, 2.75) is 19.6 Å². The molecular formula is C16H16N2O4. The number of nitrogens with one attached hydrogen (secondary N) is 1. The van der Waals surface area contributed by atoms with Crippen LogP contribution in [0.25, 0.3) is 0 Å². The maximum Gasteiger partial charge on any atom is 0.407 e. The average Bonchev–Trinajstić information content (AvgIpc) is 2.54. The van der Waals surface area contributed by atoms with Crippen LogP contribution in [-0.2, 0) is 11.3 Å². The quantitative estimate of drug-likeness (QED) is 0.676. The Balaban J connectivity index is 1.83. The van der Waals surface area contributed by atoms with Crippen LogP contribution < -0.4 is 5.32 Å². The van der Waals surface area contributed by atoms with Crippen LogP contribution >= 0.6 is 0 Å². The lowest BCUT2D eigenvalue weighted by Gasteiger charge is -2.14. The summed E-state index contributed by atoms with van der Waals surface area (Å²) >= 11 is 0. The molecule has 0 radical (unpaired) electrons. The van der Waals surface area contributed by atoms with E-state index in [9.17, 15) is 14.9 Å². The fraction of sp³-hybridized carbons (Fsp3) is 0.188. The highest BCUT2D eigenvalue weighted by Crippen LogP contribution is 2.14. The van der Waals surface area contributed by atoms with Crippen molar-refractivity contribution >= 4 is 11.8 Å². The Morgan fingerprint density at radius 3 is 2.41 bits per heavy atom. The predicted octanol–water partition coefficient (Wildman–Crippen LogP) is 3.58. The van der Waals surface area contributed by atoms with Crippen molar-refractivity contribution in [3.05, 3.63) is 75.8 Å². The van der Waals surface area contributed by atoms with E-state index in [1.165, 1.54) is 12.1 Å². The number of amides is 1. The number of non-ortho nitro benzene ring substituents is 1. The van der Waals surface area contributed by atoms with Gasteiger partial charge >= 0.3 is 6.09 Å². The normalized spacial score (nSPS) is 11.5. The van der Waals surface area contributed by atoms with Gasteiger partial charge < -0.3 is 10.1 Å². The number of benzene rings is 2. The summed E-state index contributed by atoms with van der Waals surface area (Å²) in [5.74, 6) is 0. The Hall–Kier alpha value is -2.89. The highest BCUT2D eigenvalue weighted by molar-refractivity contribution is 5.67. The van der Waals surface area contributed by atoms with E-state index in [1.807, 2.05) is 37.3 Å². The second kappa shape index (κ2) is 7.21. The molecule has 0 saturated heterocycles. The first-order chi connectivity index (χ1) is 10.6. The van der Waals surface area contributed by atoms with Crippen molar-refractivity contribution in [3.63, 3.8) is 0 Å². The molecule has 1 N–H and O–H groups in total. The zero-order valence-corrected chi connectivity index (χ0v) is 12.1. The largest absolute Gasteiger partial charge is 0.445 e. The Bertz CT molecular complexity index is 641. The van der Waals surface area contributed by atoms with Crippen molar-refractivity contribution in [1.82, 2.24) is 5.32 Å². The van der Waals surface area contributed by atoms with E-state index < -0.39 is 11.0 Å². The Labute approximate surface area is 127 Å². The molecule has 1 amide bonds. The standard InChI is InChI=1S/C16H16N2O4/c1-12(14-5-3-2-4-6-14)17-16(19)22-11-13-7-9-15(10-8-13)18(20)21/h2-10,12H,11H2,1H3,(H,17,19)/t12-/m1/s1. The highest BCUT2D eigenvalue weighted by atomic mass is 16.6. The van der Waals surface area contributed by atoms with Gasteiger partial charge in [0.1, 0.15) is 6.61 Å². The zero-order chi connectivity index (χ0) is 15.9. The molecule has 0 spiro atoms. The lowest BCUT2D eigenvalue weighted by molar-refractivity contribution is -0.384.